The van der Waals surface area contributed by atoms with Crippen LogP contribution in [0.2, 0.25) is 0 Å². The molecule has 7 heteroatoms. The summed E-state index contributed by atoms with van der Waals surface area (Å²) in [6.07, 6.45) is 0. The maximum absolute atomic E-state index is 12.2. The Labute approximate surface area is 117 Å². The number of nitrogens with zero attached hydrogens (tertiary/aromatic N) is 1. The summed E-state index contributed by atoms with van der Waals surface area (Å²) in [5.41, 5.74) is -1.26. The number of rotatable bonds is 4. The zero-order valence-electron chi connectivity index (χ0n) is 10.5. The topological polar surface area (TPSA) is 66.8 Å². The second-order valence-corrected chi connectivity index (χ2v) is 6.55. The SMILES string of the molecule is COc1cc(C(=O)N(C)C(C)(C)C(=O)O)sc1Br. The Kier molecular flexibility index (Phi) is 4.39. The smallest absolute Gasteiger partial charge is 0.329 e. The van der Waals surface area contributed by atoms with Gasteiger partial charge in [0, 0.05) is 13.1 Å². The second kappa shape index (κ2) is 5.27. The van der Waals surface area contributed by atoms with E-state index in [0.717, 1.165) is 0 Å². The number of carbonyl (C=O) groups is 2. The molecule has 0 atom stereocenters. The van der Waals surface area contributed by atoms with E-state index in [9.17, 15) is 9.59 Å². The molecule has 18 heavy (non-hydrogen) atoms. The fourth-order valence-electron chi connectivity index (χ4n) is 1.16. The standard InChI is InChI=1S/C11H14BrNO4S/c1-11(2,10(15)16)13(3)9(14)7-5-6(17-4)8(12)18-7/h5H,1-4H3,(H,15,16). The number of methoxy groups -OCH3 is 1. The molecular weight excluding hydrogens is 322 g/mol. The largest absolute Gasteiger partial charge is 0.495 e. The van der Waals surface area contributed by atoms with Gasteiger partial charge >= 0.3 is 5.97 Å². The van der Waals surface area contributed by atoms with Gasteiger partial charge in [0.25, 0.3) is 5.91 Å². The van der Waals surface area contributed by atoms with Gasteiger partial charge in [0.2, 0.25) is 0 Å². The summed E-state index contributed by atoms with van der Waals surface area (Å²) < 4.78 is 5.77. The van der Waals surface area contributed by atoms with E-state index in [1.165, 1.54) is 44.2 Å². The van der Waals surface area contributed by atoms with Crippen molar-refractivity contribution in [1.82, 2.24) is 4.90 Å². The highest BCUT2D eigenvalue weighted by Gasteiger charge is 2.36. The van der Waals surface area contributed by atoms with Crippen LogP contribution in [0.5, 0.6) is 5.75 Å². The van der Waals surface area contributed by atoms with Gasteiger partial charge in [-0.15, -0.1) is 11.3 Å². The van der Waals surface area contributed by atoms with Crippen LogP contribution >= 0.6 is 27.3 Å². The van der Waals surface area contributed by atoms with E-state index in [4.69, 9.17) is 9.84 Å². The molecule has 1 amide bonds. The third kappa shape index (κ3) is 2.67. The Morgan fingerprint density at radius 3 is 2.44 bits per heavy atom. The normalized spacial score (nSPS) is 11.2. The molecule has 0 aliphatic heterocycles. The summed E-state index contributed by atoms with van der Waals surface area (Å²) >= 11 is 4.49. The maximum Gasteiger partial charge on any atom is 0.329 e. The van der Waals surface area contributed by atoms with Crippen LogP contribution in [0.3, 0.4) is 0 Å². The lowest BCUT2D eigenvalue weighted by atomic mass is 10.0. The third-order valence-corrected chi connectivity index (χ3v) is 4.52. The van der Waals surface area contributed by atoms with Crippen molar-refractivity contribution in [2.75, 3.05) is 14.2 Å². The van der Waals surface area contributed by atoms with Gasteiger partial charge in [0.15, 0.2) is 0 Å². The van der Waals surface area contributed by atoms with Gasteiger partial charge in [-0.2, -0.15) is 0 Å². The highest BCUT2D eigenvalue weighted by molar-refractivity contribution is 9.11. The summed E-state index contributed by atoms with van der Waals surface area (Å²) in [6, 6.07) is 1.59. The van der Waals surface area contributed by atoms with Gasteiger partial charge < -0.3 is 14.7 Å². The summed E-state index contributed by atoms with van der Waals surface area (Å²) in [4.78, 5) is 24.9. The van der Waals surface area contributed by atoms with Crippen LogP contribution in [-0.4, -0.2) is 41.6 Å². The fourth-order valence-corrected chi connectivity index (χ4v) is 2.78. The summed E-state index contributed by atoms with van der Waals surface area (Å²) in [6.45, 7) is 2.96. The zero-order chi connectivity index (χ0) is 14.1. The molecule has 0 bridgehead atoms. The van der Waals surface area contributed by atoms with Crippen LogP contribution in [0.15, 0.2) is 9.85 Å². The monoisotopic (exact) mass is 335 g/mol. The van der Waals surface area contributed by atoms with Gasteiger partial charge in [0.1, 0.15) is 15.1 Å². The number of carboxylic acid groups (broad SMARTS) is 1. The zero-order valence-corrected chi connectivity index (χ0v) is 12.9. The predicted molar refractivity (Wildman–Crippen MR) is 72.4 cm³/mol. The minimum Gasteiger partial charge on any atom is -0.495 e. The van der Waals surface area contributed by atoms with E-state index in [-0.39, 0.29) is 5.91 Å². The Morgan fingerprint density at radius 2 is 2.06 bits per heavy atom. The maximum atomic E-state index is 12.2. The number of thiophene rings is 1. The molecule has 0 unspecified atom stereocenters. The van der Waals surface area contributed by atoms with Gasteiger partial charge in [-0.3, -0.25) is 4.79 Å². The third-order valence-electron chi connectivity index (χ3n) is 2.75. The first-order chi connectivity index (χ1) is 8.21. The predicted octanol–water partition coefficient (Wildman–Crippen LogP) is 2.45. The molecule has 1 rings (SSSR count). The van der Waals surface area contributed by atoms with E-state index < -0.39 is 11.5 Å². The summed E-state index contributed by atoms with van der Waals surface area (Å²) in [7, 11) is 2.97. The molecule has 0 aromatic carbocycles. The number of amides is 1. The minimum atomic E-state index is -1.26. The number of hydrogen-bond donors (Lipinski definition) is 1. The molecule has 0 saturated carbocycles. The number of halogens is 1. The van der Waals surface area contributed by atoms with Crippen molar-refractivity contribution in [3.05, 3.63) is 14.7 Å². The lowest BCUT2D eigenvalue weighted by Gasteiger charge is -2.31. The first kappa shape index (κ1) is 15.0. The Bertz CT molecular complexity index is 483. The number of likely N-dealkylation sites (N-methyl/N-ethyl adjacent to an activating group) is 1. The van der Waals surface area contributed by atoms with Gasteiger partial charge in [0.05, 0.1) is 12.0 Å². The Hall–Kier alpha value is -1.08. The average molecular weight is 336 g/mol. The molecule has 1 aromatic heterocycles. The lowest BCUT2D eigenvalue weighted by molar-refractivity contribution is -0.147. The fraction of sp³-hybridized carbons (Fsp3) is 0.455. The quantitative estimate of drug-likeness (QED) is 0.917. The number of carbonyl (C=O) groups excluding carboxylic acids is 1. The van der Waals surface area contributed by atoms with Crippen LogP contribution in [0.1, 0.15) is 23.5 Å². The van der Waals surface area contributed by atoms with E-state index in [1.54, 1.807) is 6.07 Å². The Morgan fingerprint density at radius 1 is 1.50 bits per heavy atom. The summed E-state index contributed by atoms with van der Waals surface area (Å²) in [5, 5.41) is 9.09. The molecule has 1 aromatic rings. The van der Waals surface area contributed by atoms with Crippen LogP contribution < -0.4 is 4.74 Å². The molecule has 0 radical (unpaired) electrons. The Balaban J connectivity index is 3.03. The first-order valence-electron chi connectivity index (χ1n) is 5.06. The van der Waals surface area contributed by atoms with Gasteiger partial charge in [-0.25, -0.2) is 4.79 Å². The molecule has 0 saturated heterocycles. The van der Waals surface area contributed by atoms with Crippen LogP contribution in [0.4, 0.5) is 0 Å². The molecule has 0 aliphatic carbocycles. The van der Waals surface area contributed by atoms with Crippen LogP contribution in [0.25, 0.3) is 0 Å². The lowest BCUT2D eigenvalue weighted by Crippen LogP contribution is -2.50. The van der Waals surface area contributed by atoms with Crippen LogP contribution in [0, 0.1) is 0 Å². The van der Waals surface area contributed by atoms with Crippen molar-refractivity contribution in [3.8, 4) is 5.75 Å². The molecule has 1 heterocycles. The van der Waals surface area contributed by atoms with E-state index in [1.807, 2.05) is 0 Å². The molecule has 0 aliphatic rings. The van der Waals surface area contributed by atoms with Crippen molar-refractivity contribution in [3.63, 3.8) is 0 Å². The van der Waals surface area contributed by atoms with E-state index >= 15 is 0 Å². The molecule has 0 spiro atoms. The molecule has 5 nitrogen and oxygen atoms in total. The number of ether oxygens (including phenoxy) is 1. The number of carboxylic acids is 1. The van der Waals surface area contributed by atoms with Gasteiger partial charge in [-0.05, 0) is 29.8 Å². The molecule has 100 valence electrons. The number of aliphatic carboxylic acids is 1. The van der Waals surface area contributed by atoms with Crippen molar-refractivity contribution >= 4 is 39.1 Å². The van der Waals surface area contributed by atoms with E-state index in [0.29, 0.717) is 14.4 Å². The second-order valence-electron chi connectivity index (χ2n) is 4.18. The minimum absolute atomic E-state index is 0.351. The highest BCUT2D eigenvalue weighted by atomic mass is 79.9. The van der Waals surface area contributed by atoms with Crippen molar-refractivity contribution in [2.24, 2.45) is 0 Å². The first-order valence-corrected chi connectivity index (χ1v) is 6.67. The van der Waals surface area contributed by atoms with Crippen LogP contribution in [-0.2, 0) is 4.79 Å². The van der Waals surface area contributed by atoms with Gasteiger partial charge in [-0.1, -0.05) is 0 Å². The summed E-state index contributed by atoms with van der Waals surface area (Å²) in [5.74, 6) is -0.845. The highest BCUT2D eigenvalue weighted by Crippen LogP contribution is 2.35. The molecule has 1 N–H and O–H groups in total. The molecular formula is C11H14BrNO4S. The number of hydrogen-bond acceptors (Lipinski definition) is 4. The average Bonchev–Trinajstić information content (AvgIpc) is 2.68. The van der Waals surface area contributed by atoms with Crippen molar-refractivity contribution in [2.45, 2.75) is 19.4 Å². The van der Waals surface area contributed by atoms with E-state index in [2.05, 4.69) is 15.9 Å². The molecule has 0 fully saturated rings. The van der Waals surface area contributed by atoms with Crippen molar-refractivity contribution < 1.29 is 19.4 Å². The van der Waals surface area contributed by atoms with Crippen molar-refractivity contribution in [1.29, 1.82) is 0 Å².